The largest absolute Gasteiger partial charge is 0.291 e. The van der Waals surface area contributed by atoms with Crippen LogP contribution in [0.5, 0.6) is 0 Å². The number of fused-ring (bicyclic) bond motifs is 3. The van der Waals surface area contributed by atoms with Crippen LogP contribution in [0.2, 0.25) is 0 Å². The Kier molecular flexibility index (Phi) is 4.75. The van der Waals surface area contributed by atoms with Gasteiger partial charge in [-0.3, -0.25) is 14.5 Å². The van der Waals surface area contributed by atoms with Crippen molar-refractivity contribution in [2.45, 2.75) is 25.7 Å². The first-order valence-electron chi connectivity index (χ1n) is 9.91. The molecule has 5 rings (SSSR count). The minimum atomic E-state index is -0.365. The molecule has 0 spiro atoms. The average molecular weight is 407 g/mol. The van der Waals surface area contributed by atoms with Gasteiger partial charge in [-0.05, 0) is 49.3 Å². The topological polar surface area (TPSA) is 86.8 Å². The number of carbonyl (C=O) groups is 2. The second-order valence-electron chi connectivity index (χ2n) is 7.80. The van der Waals surface area contributed by atoms with E-state index in [-0.39, 0.29) is 23.7 Å². The highest BCUT2D eigenvalue weighted by molar-refractivity contribution is 8.17. The molecule has 0 N–H and O–H groups in total. The van der Waals surface area contributed by atoms with E-state index in [0.29, 0.717) is 24.8 Å². The van der Waals surface area contributed by atoms with E-state index in [4.69, 9.17) is 4.99 Å². The summed E-state index contributed by atoms with van der Waals surface area (Å²) in [4.78, 5) is 45.8. The minimum absolute atomic E-state index is 0.0924. The lowest BCUT2D eigenvalue weighted by Crippen LogP contribution is -2.36. The predicted molar refractivity (Wildman–Crippen MR) is 116 cm³/mol. The van der Waals surface area contributed by atoms with Crippen LogP contribution in [0.15, 0.2) is 54.8 Å². The average Bonchev–Trinajstić information content (AvgIpc) is 3.06. The van der Waals surface area contributed by atoms with Gasteiger partial charge in [0.05, 0.1) is 23.8 Å². The summed E-state index contributed by atoms with van der Waals surface area (Å²) in [5.74, 6) is 0.112. The van der Waals surface area contributed by atoms with E-state index in [1.165, 1.54) is 16.9 Å². The molecule has 0 aromatic rings. The van der Waals surface area contributed by atoms with Crippen molar-refractivity contribution in [2.24, 2.45) is 31.8 Å². The summed E-state index contributed by atoms with van der Waals surface area (Å²) >= 11 is 1.67. The number of rotatable bonds is 4. The lowest BCUT2D eigenvalue weighted by molar-refractivity contribution is -0.119. The highest BCUT2D eigenvalue weighted by atomic mass is 32.2. The van der Waals surface area contributed by atoms with Crippen molar-refractivity contribution in [3.63, 3.8) is 0 Å². The monoisotopic (exact) mass is 407 g/mol. The molecule has 0 bridgehead atoms. The molecule has 2 atom stereocenters. The Morgan fingerprint density at radius 3 is 2.62 bits per heavy atom. The van der Waals surface area contributed by atoms with Crippen molar-refractivity contribution in [1.82, 2.24) is 4.90 Å². The van der Waals surface area contributed by atoms with Gasteiger partial charge in [0.15, 0.2) is 0 Å². The van der Waals surface area contributed by atoms with Gasteiger partial charge in [0.1, 0.15) is 23.5 Å². The fraction of sp³-hybridized carbons (Fsp3) is 0.429. The highest BCUT2D eigenvalue weighted by Gasteiger charge is 2.40. The second kappa shape index (κ2) is 7.42. The minimum Gasteiger partial charge on any atom is -0.291 e. The summed E-state index contributed by atoms with van der Waals surface area (Å²) in [5.41, 5.74) is 1.97. The summed E-state index contributed by atoms with van der Waals surface area (Å²) in [6.45, 7) is 0.799. The van der Waals surface area contributed by atoms with Crippen LogP contribution in [-0.4, -0.2) is 59.3 Å². The molecule has 2 unspecified atom stereocenters. The standard InChI is InChI=1S/C21H21N5O2S/c1-26(10-16-22-14-8-4-2-6-12(14)19(27)23-16)11-17-24-20(28)18-13-7-3-5-9-15(13)29-21(18)25-17/h2,4,6,8,12,18H,3,5,7,9-11H2,1H3. The normalized spacial score (nSPS) is 27.9. The molecule has 3 heterocycles. The van der Waals surface area contributed by atoms with Crippen LogP contribution in [0.25, 0.3) is 0 Å². The van der Waals surface area contributed by atoms with Crippen molar-refractivity contribution in [3.05, 3.63) is 34.8 Å². The van der Waals surface area contributed by atoms with Gasteiger partial charge < -0.3 is 0 Å². The molecular weight excluding hydrogens is 386 g/mol. The van der Waals surface area contributed by atoms with Gasteiger partial charge in [-0.2, -0.15) is 9.98 Å². The molecule has 0 aromatic carbocycles. The summed E-state index contributed by atoms with van der Waals surface area (Å²) in [5, 5.41) is 0.882. The zero-order chi connectivity index (χ0) is 20.0. The van der Waals surface area contributed by atoms with E-state index in [0.717, 1.165) is 30.0 Å². The highest BCUT2D eigenvalue weighted by Crippen LogP contribution is 2.47. The van der Waals surface area contributed by atoms with Gasteiger partial charge in [0.25, 0.3) is 11.8 Å². The van der Waals surface area contributed by atoms with Crippen molar-refractivity contribution < 1.29 is 9.59 Å². The maximum Gasteiger partial charge on any atom is 0.261 e. The van der Waals surface area contributed by atoms with Crippen LogP contribution < -0.4 is 0 Å². The summed E-state index contributed by atoms with van der Waals surface area (Å²) in [6.07, 6.45) is 11.7. The molecule has 29 heavy (non-hydrogen) atoms. The molecule has 0 radical (unpaired) electrons. The third-order valence-electron chi connectivity index (χ3n) is 5.59. The van der Waals surface area contributed by atoms with Crippen LogP contribution in [0.4, 0.5) is 0 Å². The molecule has 0 aromatic heterocycles. The number of nitrogens with zero attached hydrogens (tertiary/aromatic N) is 5. The van der Waals surface area contributed by atoms with E-state index in [1.807, 2.05) is 36.3 Å². The molecular formula is C21H21N5O2S. The number of aliphatic imine (C=N–C) groups is 4. The fourth-order valence-electron chi connectivity index (χ4n) is 4.24. The number of thioether (sulfide) groups is 1. The second-order valence-corrected chi connectivity index (χ2v) is 8.92. The molecule has 0 fully saturated rings. The number of allylic oxidation sites excluding steroid dienone is 4. The van der Waals surface area contributed by atoms with Crippen LogP contribution in [0.1, 0.15) is 25.7 Å². The molecule has 148 valence electrons. The van der Waals surface area contributed by atoms with Gasteiger partial charge in [-0.15, -0.1) is 0 Å². The van der Waals surface area contributed by atoms with Gasteiger partial charge in [0, 0.05) is 0 Å². The van der Waals surface area contributed by atoms with Gasteiger partial charge in [0.2, 0.25) is 0 Å². The van der Waals surface area contributed by atoms with Crippen LogP contribution in [-0.2, 0) is 9.59 Å². The molecule has 2 amide bonds. The molecule has 5 aliphatic rings. The van der Waals surface area contributed by atoms with Crippen molar-refractivity contribution in [1.29, 1.82) is 0 Å². The lowest BCUT2D eigenvalue weighted by atomic mass is 9.89. The number of likely N-dealkylation sites (N-methyl/N-ethyl adjacent to an activating group) is 1. The SMILES string of the molecule is CN(CC1=NC(=O)C2C=CC=CC2=N1)CC1=NC(=O)C2C(=N1)SC1=C2CCCC1. The Morgan fingerprint density at radius 1 is 1.00 bits per heavy atom. The molecule has 8 heteroatoms. The Balaban J connectivity index is 1.27. The maximum absolute atomic E-state index is 12.7. The number of hydrogen-bond donors (Lipinski definition) is 0. The Labute approximate surface area is 173 Å². The van der Waals surface area contributed by atoms with Gasteiger partial charge in [-0.25, -0.2) is 9.98 Å². The Morgan fingerprint density at radius 2 is 1.76 bits per heavy atom. The Bertz CT molecular complexity index is 1010. The fourth-order valence-corrected chi connectivity index (χ4v) is 5.60. The van der Waals surface area contributed by atoms with Crippen molar-refractivity contribution in [3.8, 4) is 0 Å². The molecule has 7 nitrogen and oxygen atoms in total. The summed E-state index contributed by atoms with van der Waals surface area (Å²) in [6, 6.07) is 0. The Hall–Kier alpha value is -2.45. The van der Waals surface area contributed by atoms with Crippen molar-refractivity contribution >= 4 is 46.0 Å². The summed E-state index contributed by atoms with van der Waals surface area (Å²) < 4.78 is 0. The van der Waals surface area contributed by atoms with E-state index in [2.05, 4.69) is 15.0 Å². The van der Waals surface area contributed by atoms with Gasteiger partial charge in [-0.1, -0.05) is 30.0 Å². The zero-order valence-corrected chi connectivity index (χ0v) is 17.0. The number of carbonyl (C=O) groups excluding carboxylic acids is 2. The lowest BCUT2D eigenvalue weighted by Gasteiger charge is -2.22. The molecule has 3 aliphatic heterocycles. The van der Waals surface area contributed by atoms with Gasteiger partial charge >= 0.3 is 0 Å². The quantitative estimate of drug-likeness (QED) is 0.717. The zero-order valence-electron chi connectivity index (χ0n) is 16.2. The number of amidine groups is 2. The first kappa shape index (κ1) is 18.6. The van der Waals surface area contributed by atoms with Crippen LogP contribution in [0, 0.1) is 11.8 Å². The van der Waals surface area contributed by atoms with E-state index < -0.39 is 0 Å². The first-order valence-corrected chi connectivity index (χ1v) is 10.7. The van der Waals surface area contributed by atoms with Crippen LogP contribution in [0.3, 0.4) is 0 Å². The van der Waals surface area contributed by atoms with E-state index in [1.54, 1.807) is 11.8 Å². The van der Waals surface area contributed by atoms with E-state index >= 15 is 0 Å². The number of hydrogen-bond acceptors (Lipinski definition) is 6. The van der Waals surface area contributed by atoms with Crippen molar-refractivity contribution in [2.75, 3.05) is 20.1 Å². The first-order chi connectivity index (χ1) is 14.1. The molecule has 0 saturated heterocycles. The van der Waals surface area contributed by atoms with Crippen LogP contribution >= 0.6 is 11.8 Å². The molecule has 2 aliphatic carbocycles. The predicted octanol–water partition coefficient (Wildman–Crippen LogP) is 2.57. The number of amides is 2. The smallest absolute Gasteiger partial charge is 0.261 e. The molecule has 0 saturated carbocycles. The van der Waals surface area contributed by atoms with E-state index in [9.17, 15) is 9.59 Å². The summed E-state index contributed by atoms with van der Waals surface area (Å²) in [7, 11) is 1.89. The third-order valence-corrected chi connectivity index (χ3v) is 6.84. The maximum atomic E-state index is 12.7. The third kappa shape index (κ3) is 3.51.